The average molecular weight is 298 g/mol. The number of methoxy groups -OCH3 is 1. The molecule has 0 saturated carbocycles. The van der Waals surface area contributed by atoms with E-state index in [9.17, 15) is 5.11 Å². The van der Waals surface area contributed by atoms with Gasteiger partial charge in [-0.25, -0.2) is 0 Å². The fourth-order valence-corrected chi connectivity index (χ4v) is 2.25. The van der Waals surface area contributed by atoms with Gasteiger partial charge in [0.25, 0.3) is 0 Å². The molecule has 1 aromatic rings. The molecule has 6 nitrogen and oxygen atoms in total. The highest BCUT2D eigenvalue weighted by Crippen LogP contribution is 2.32. The summed E-state index contributed by atoms with van der Waals surface area (Å²) in [6.45, 7) is 8.33. The summed E-state index contributed by atoms with van der Waals surface area (Å²) in [6.07, 6.45) is 2.28. The fraction of sp³-hybridized carbons (Fsp3) is 0.800. The number of ether oxygens (including phenoxy) is 1. The van der Waals surface area contributed by atoms with Gasteiger partial charge < -0.3 is 20.1 Å². The summed E-state index contributed by atoms with van der Waals surface area (Å²) in [5.41, 5.74) is -0.229. The molecular formula is C15H30N4O2. The van der Waals surface area contributed by atoms with Crippen molar-refractivity contribution in [2.24, 2.45) is 0 Å². The predicted molar refractivity (Wildman–Crippen MR) is 84.7 cm³/mol. The molecule has 0 amide bonds. The first-order valence-corrected chi connectivity index (χ1v) is 7.48. The van der Waals surface area contributed by atoms with Crippen molar-refractivity contribution in [2.75, 3.05) is 34.3 Å². The van der Waals surface area contributed by atoms with Crippen LogP contribution in [0.2, 0.25) is 0 Å². The highest BCUT2D eigenvalue weighted by Gasteiger charge is 2.31. The normalized spacial score (nSPS) is 14.7. The van der Waals surface area contributed by atoms with Crippen molar-refractivity contribution in [3.8, 4) is 5.75 Å². The lowest BCUT2D eigenvalue weighted by molar-refractivity contribution is 0.0352. The Bertz CT molecular complexity index is 427. The first kappa shape index (κ1) is 17.9. The van der Waals surface area contributed by atoms with E-state index in [0.717, 1.165) is 25.3 Å². The van der Waals surface area contributed by atoms with Crippen LogP contribution in [0.15, 0.2) is 6.20 Å². The maximum Gasteiger partial charge on any atom is 0.162 e. The van der Waals surface area contributed by atoms with Crippen molar-refractivity contribution in [3.63, 3.8) is 0 Å². The van der Waals surface area contributed by atoms with E-state index in [-0.39, 0.29) is 0 Å². The zero-order chi connectivity index (χ0) is 16.0. The quantitative estimate of drug-likeness (QED) is 0.713. The molecule has 1 unspecified atom stereocenters. The van der Waals surface area contributed by atoms with Crippen LogP contribution in [-0.4, -0.2) is 60.1 Å². The first-order valence-electron chi connectivity index (χ1n) is 7.48. The van der Waals surface area contributed by atoms with E-state index in [1.54, 1.807) is 13.3 Å². The van der Waals surface area contributed by atoms with Crippen molar-refractivity contribution in [1.82, 2.24) is 20.0 Å². The van der Waals surface area contributed by atoms with Gasteiger partial charge in [-0.15, -0.1) is 0 Å². The third-order valence-corrected chi connectivity index (χ3v) is 3.46. The lowest BCUT2D eigenvalue weighted by atomic mass is 9.97. The summed E-state index contributed by atoms with van der Waals surface area (Å²) in [5.74, 6) is 0.642. The van der Waals surface area contributed by atoms with Gasteiger partial charge >= 0.3 is 0 Å². The highest BCUT2D eigenvalue weighted by molar-refractivity contribution is 5.30. The van der Waals surface area contributed by atoms with Gasteiger partial charge in [0, 0.05) is 12.6 Å². The number of aromatic nitrogens is 2. The highest BCUT2D eigenvalue weighted by atomic mass is 16.5. The minimum atomic E-state index is -0.976. The average Bonchev–Trinajstić information content (AvgIpc) is 2.79. The molecule has 1 atom stereocenters. The molecular weight excluding hydrogens is 268 g/mol. The summed E-state index contributed by atoms with van der Waals surface area (Å²) in [4.78, 5) is 2.09. The summed E-state index contributed by atoms with van der Waals surface area (Å²) in [7, 11) is 5.65. The third kappa shape index (κ3) is 5.30. The molecule has 0 spiro atoms. The maximum atomic E-state index is 10.9. The van der Waals surface area contributed by atoms with Crippen molar-refractivity contribution in [2.45, 2.75) is 45.4 Å². The second-order valence-electron chi connectivity index (χ2n) is 6.22. The Morgan fingerprint density at radius 1 is 1.48 bits per heavy atom. The monoisotopic (exact) mass is 298 g/mol. The lowest BCUT2D eigenvalue weighted by Gasteiger charge is -2.26. The SMILES string of the molecule is COc1cnn(CCN(C)C)c1C(C)(O)CCNC(C)C. The number of likely N-dealkylation sites (N-methyl/N-ethyl adjacent to an activating group) is 1. The molecule has 0 fully saturated rings. The van der Waals surface area contributed by atoms with Gasteiger partial charge in [0.05, 0.1) is 19.9 Å². The first-order chi connectivity index (χ1) is 9.77. The topological polar surface area (TPSA) is 62.5 Å². The van der Waals surface area contributed by atoms with Gasteiger partial charge in [-0.1, -0.05) is 13.8 Å². The van der Waals surface area contributed by atoms with Gasteiger partial charge in [0.1, 0.15) is 11.3 Å². The molecule has 122 valence electrons. The summed E-state index contributed by atoms with van der Waals surface area (Å²) in [6, 6.07) is 0.404. The van der Waals surface area contributed by atoms with E-state index in [1.165, 1.54) is 0 Å². The van der Waals surface area contributed by atoms with Crippen LogP contribution in [0.1, 0.15) is 32.9 Å². The Morgan fingerprint density at radius 3 is 2.67 bits per heavy atom. The minimum Gasteiger partial charge on any atom is -0.493 e. The van der Waals surface area contributed by atoms with Gasteiger partial charge in [-0.2, -0.15) is 5.10 Å². The molecule has 6 heteroatoms. The molecule has 0 aliphatic heterocycles. The minimum absolute atomic E-state index is 0.404. The van der Waals surface area contributed by atoms with Gasteiger partial charge in [0.2, 0.25) is 0 Å². The number of nitrogens with zero attached hydrogens (tertiary/aromatic N) is 3. The van der Waals surface area contributed by atoms with Crippen LogP contribution in [0.25, 0.3) is 0 Å². The zero-order valence-electron chi connectivity index (χ0n) is 14.2. The molecule has 0 saturated heterocycles. The molecule has 0 radical (unpaired) electrons. The van der Waals surface area contributed by atoms with Crippen molar-refractivity contribution in [3.05, 3.63) is 11.9 Å². The van der Waals surface area contributed by atoms with E-state index < -0.39 is 5.60 Å². The van der Waals surface area contributed by atoms with Crippen LogP contribution < -0.4 is 10.1 Å². The van der Waals surface area contributed by atoms with E-state index in [4.69, 9.17) is 4.74 Å². The van der Waals surface area contributed by atoms with E-state index in [0.29, 0.717) is 18.2 Å². The molecule has 0 aliphatic rings. The molecule has 1 heterocycles. The Morgan fingerprint density at radius 2 is 2.14 bits per heavy atom. The standard InChI is InChI=1S/C15H30N4O2/c1-12(2)16-8-7-15(3,20)14-13(21-6)11-17-19(14)10-9-18(4)5/h11-12,16,20H,7-10H2,1-6H3. The molecule has 1 aromatic heterocycles. The van der Waals surface area contributed by atoms with Crippen LogP contribution in [0.4, 0.5) is 0 Å². The number of rotatable bonds is 9. The molecule has 0 aliphatic carbocycles. The van der Waals surface area contributed by atoms with E-state index in [2.05, 4.69) is 29.2 Å². The van der Waals surface area contributed by atoms with Crippen molar-refractivity contribution < 1.29 is 9.84 Å². The van der Waals surface area contributed by atoms with Crippen LogP contribution in [0, 0.1) is 0 Å². The van der Waals surface area contributed by atoms with Gasteiger partial charge in [-0.05, 0) is 34.0 Å². The van der Waals surface area contributed by atoms with E-state index in [1.807, 2.05) is 25.7 Å². The summed E-state index contributed by atoms with van der Waals surface area (Å²) < 4.78 is 7.21. The van der Waals surface area contributed by atoms with Crippen LogP contribution in [-0.2, 0) is 12.1 Å². The molecule has 21 heavy (non-hydrogen) atoms. The van der Waals surface area contributed by atoms with Crippen LogP contribution >= 0.6 is 0 Å². The number of hydrogen-bond donors (Lipinski definition) is 2. The number of aliphatic hydroxyl groups is 1. The predicted octanol–water partition coefficient (Wildman–Crippen LogP) is 1.05. The lowest BCUT2D eigenvalue weighted by Crippen LogP contribution is -2.34. The Hall–Kier alpha value is -1.11. The Labute approximate surface area is 128 Å². The largest absolute Gasteiger partial charge is 0.493 e. The summed E-state index contributed by atoms with van der Waals surface area (Å²) >= 11 is 0. The smallest absolute Gasteiger partial charge is 0.162 e. The Balaban J connectivity index is 2.88. The molecule has 2 N–H and O–H groups in total. The van der Waals surface area contributed by atoms with Crippen molar-refractivity contribution in [1.29, 1.82) is 0 Å². The zero-order valence-corrected chi connectivity index (χ0v) is 14.2. The number of nitrogens with one attached hydrogen (secondary N) is 1. The van der Waals surface area contributed by atoms with Crippen molar-refractivity contribution >= 4 is 0 Å². The summed E-state index contributed by atoms with van der Waals surface area (Å²) in [5, 5.41) is 18.5. The third-order valence-electron chi connectivity index (χ3n) is 3.46. The molecule has 1 rings (SSSR count). The number of hydrogen-bond acceptors (Lipinski definition) is 5. The molecule has 0 aromatic carbocycles. The fourth-order valence-electron chi connectivity index (χ4n) is 2.25. The van der Waals surface area contributed by atoms with Gasteiger partial charge in [-0.3, -0.25) is 4.68 Å². The molecule has 0 bridgehead atoms. The van der Waals surface area contributed by atoms with Crippen LogP contribution in [0.3, 0.4) is 0 Å². The van der Waals surface area contributed by atoms with E-state index >= 15 is 0 Å². The second-order valence-corrected chi connectivity index (χ2v) is 6.22. The second kappa shape index (κ2) is 7.77. The Kier molecular flexibility index (Phi) is 6.64. The van der Waals surface area contributed by atoms with Gasteiger partial charge in [0.15, 0.2) is 5.75 Å². The maximum absolute atomic E-state index is 10.9. The van der Waals surface area contributed by atoms with Crippen LogP contribution in [0.5, 0.6) is 5.75 Å².